The fourth-order valence-electron chi connectivity index (χ4n) is 4.96. The number of carbonyl (C=O) groups excluding carboxylic acids is 2. The summed E-state index contributed by atoms with van der Waals surface area (Å²) in [6, 6.07) is 17.4. The maximum Gasteiger partial charge on any atom is 0.225 e. The van der Waals surface area contributed by atoms with Crippen LogP contribution in [0, 0.1) is 0 Å². The van der Waals surface area contributed by atoms with Gasteiger partial charge in [0.25, 0.3) is 0 Å². The van der Waals surface area contributed by atoms with Crippen molar-refractivity contribution < 1.29 is 9.59 Å². The van der Waals surface area contributed by atoms with Gasteiger partial charge >= 0.3 is 0 Å². The molecule has 3 aromatic rings. The normalized spacial score (nSPS) is 15.2. The Morgan fingerprint density at radius 1 is 1.03 bits per heavy atom. The van der Waals surface area contributed by atoms with Gasteiger partial charge in [-0.3, -0.25) is 9.59 Å². The second-order valence-corrected chi connectivity index (χ2v) is 11.3. The van der Waals surface area contributed by atoms with E-state index in [0.29, 0.717) is 28.7 Å². The van der Waals surface area contributed by atoms with Crippen molar-refractivity contribution in [2.75, 3.05) is 44.2 Å². The Bertz CT molecular complexity index is 1250. The number of nitrogens with zero attached hydrogens (tertiary/aromatic N) is 2. The number of hydrogen-bond acceptors (Lipinski definition) is 6. The van der Waals surface area contributed by atoms with E-state index in [1.807, 2.05) is 4.90 Å². The summed E-state index contributed by atoms with van der Waals surface area (Å²) in [5.74, 6) is -0.250. The SMILES string of the molecule is CCNC(c1cccs1)c1ccccc1N1CCN(C(=O)C[C@H](NC(=O)CCN)c2ccc(Cl)cc2Cl)CC1. The van der Waals surface area contributed by atoms with Gasteiger partial charge in [-0.15, -0.1) is 11.3 Å². The number of nitrogens with two attached hydrogens (primary N) is 1. The predicted octanol–water partition coefficient (Wildman–Crippen LogP) is 5.00. The number of anilines is 1. The highest BCUT2D eigenvalue weighted by molar-refractivity contribution is 7.10. The van der Waals surface area contributed by atoms with Crippen LogP contribution in [0.15, 0.2) is 60.0 Å². The van der Waals surface area contributed by atoms with Gasteiger partial charge in [-0.05, 0) is 47.3 Å². The molecule has 2 aromatic carbocycles. The first-order chi connectivity index (χ1) is 18.9. The van der Waals surface area contributed by atoms with Gasteiger partial charge in [0.1, 0.15) is 0 Å². The van der Waals surface area contributed by atoms with Crippen LogP contribution in [0.4, 0.5) is 5.69 Å². The van der Waals surface area contributed by atoms with Crippen LogP contribution in [-0.2, 0) is 9.59 Å². The van der Waals surface area contributed by atoms with Crippen LogP contribution in [0.3, 0.4) is 0 Å². The molecular formula is C29H35Cl2N5O2S. The molecule has 10 heteroatoms. The smallest absolute Gasteiger partial charge is 0.225 e. The standard InChI is InChI=1S/C29H35Cl2N5O2S/c1-2-33-29(26-8-5-17-39-26)22-6-3-4-7-25(22)35-13-15-36(16-14-35)28(38)19-24(34-27(37)11-12-32)21-10-9-20(30)18-23(21)31/h3-10,17-18,24,29,33H,2,11-16,19,32H2,1H3,(H,34,37)/t24-,29?/m0/s1. The van der Waals surface area contributed by atoms with Crippen LogP contribution in [0.25, 0.3) is 0 Å². The van der Waals surface area contributed by atoms with Crippen molar-refractivity contribution in [1.29, 1.82) is 0 Å². The van der Waals surface area contributed by atoms with Crippen LogP contribution in [0.5, 0.6) is 0 Å². The number of carbonyl (C=O) groups is 2. The highest BCUT2D eigenvalue weighted by atomic mass is 35.5. The van der Waals surface area contributed by atoms with E-state index in [4.69, 9.17) is 28.9 Å². The zero-order valence-corrected chi connectivity index (χ0v) is 24.4. The number of halogens is 2. The number of amides is 2. The van der Waals surface area contributed by atoms with Crippen molar-refractivity contribution in [2.24, 2.45) is 5.73 Å². The van der Waals surface area contributed by atoms with Crippen LogP contribution < -0.4 is 21.3 Å². The Morgan fingerprint density at radius 3 is 2.46 bits per heavy atom. The first kappa shape index (κ1) is 29.4. The van der Waals surface area contributed by atoms with Crippen molar-refractivity contribution in [2.45, 2.75) is 31.8 Å². The first-order valence-electron chi connectivity index (χ1n) is 13.2. The van der Waals surface area contributed by atoms with Gasteiger partial charge in [0, 0.05) is 59.8 Å². The molecule has 1 aromatic heterocycles. The molecule has 0 saturated carbocycles. The van der Waals surface area contributed by atoms with E-state index in [-0.39, 0.29) is 37.2 Å². The minimum absolute atomic E-state index is 0.0314. The third-order valence-electron chi connectivity index (χ3n) is 6.88. The van der Waals surface area contributed by atoms with E-state index in [1.165, 1.54) is 16.1 Å². The van der Waals surface area contributed by atoms with E-state index in [2.05, 4.69) is 64.2 Å². The molecule has 39 heavy (non-hydrogen) atoms. The first-order valence-corrected chi connectivity index (χ1v) is 14.9. The summed E-state index contributed by atoms with van der Waals surface area (Å²) in [6.07, 6.45) is 0.280. The number of rotatable bonds is 11. The molecule has 2 amide bonds. The number of nitrogens with one attached hydrogen (secondary N) is 2. The third kappa shape index (κ3) is 7.52. The molecule has 2 atom stereocenters. The molecule has 1 unspecified atom stereocenters. The molecule has 1 saturated heterocycles. The quantitative estimate of drug-likeness (QED) is 0.294. The second-order valence-electron chi connectivity index (χ2n) is 9.46. The Hall–Kier alpha value is -2.62. The highest BCUT2D eigenvalue weighted by Gasteiger charge is 2.28. The van der Waals surface area contributed by atoms with Gasteiger partial charge in [-0.2, -0.15) is 0 Å². The summed E-state index contributed by atoms with van der Waals surface area (Å²) in [7, 11) is 0. The van der Waals surface area contributed by atoms with E-state index in [0.717, 1.165) is 19.6 Å². The molecular weight excluding hydrogens is 553 g/mol. The fourth-order valence-corrected chi connectivity index (χ4v) is 6.32. The average Bonchev–Trinajstić information content (AvgIpc) is 3.46. The number of thiophene rings is 1. The highest BCUT2D eigenvalue weighted by Crippen LogP contribution is 2.34. The molecule has 208 valence electrons. The molecule has 1 aliphatic rings. The van der Waals surface area contributed by atoms with Crippen molar-refractivity contribution in [1.82, 2.24) is 15.5 Å². The maximum atomic E-state index is 13.4. The lowest BCUT2D eigenvalue weighted by Crippen LogP contribution is -2.50. The molecule has 0 radical (unpaired) electrons. The molecule has 2 heterocycles. The monoisotopic (exact) mass is 587 g/mol. The van der Waals surface area contributed by atoms with Crippen LogP contribution >= 0.6 is 34.5 Å². The molecule has 7 nitrogen and oxygen atoms in total. The number of piperazine rings is 1. The van der Waals surface area contributed by atoms with E-state index in [9.17, 15) is 9.59 Å². The Kier molecular flexibility index (Phi) is 10.6. The third-order valence-corrected chi connectivity index (χ3v) is 8.38. The Balaban J connectivity index is 1.45. The molecule has 0 spiro atoms. The van der Waals surface area contributed by atoms with E-state index < -0.39 is 6.04 Å². The minimum atomic E-state index is -0.563. The van der Waals surface area contributed by atoms with Gasteiger partial charge in [0.05, 0.1) is 18.5 Å². The lowest BCUT2D eigenvalue weighted by Gasteiger charge is -2.38. The van der Waals surface area contributed by atoms with Crippen molar-refractivity contribution in [3.8, 4) is 0 Å². The van der Waals surface area contributed by atoms with Crippen LogP contribution in [0.1, 0.15) is 47.9 Å². The van der Waals surface area contributed by atoms with Crippen molar-refractivity contribution in [3.05, 3.63) is 86.0 Å². The van der Waals surface area contributed by atoms with Crippen molar-refractivity contribution in [3.63, 3.8) is 0 Å². The second kappa shape index (κ2) is 14.1. The molecule has 0 aliphatic carbocycles. The van der Waals surface area contributed by atoms with Gasteiger partial charge in [0.2, 0.25) is 11.8 Å². The lowest BCUT2D eigenvalue weighted by molar-refractivity contribution is -0.132. The summed E-state index contributed by atoms with van der Waals surface area (Å²) in [5, 5.41) is 9.58. The summed E-state index contributed by atoms with van der Waals surface area (Å²) in [4.78, 5) is 31.3. The Labute approximate surface area is 244 Å². The maximum absolute atomic E-state index is 13.4. The number of benzene rings is 2. The zero-order valence-electron chi connectivity index (χ0n) is 22.0. The molecule has 1 fully saturated rings. The largest absolute Gasteiger partial charge is 0.368 e. The lowest BCUT2D eigenvalue weighted by atomic mass is 10.0. The molecule has 0 bridgehead atoms. The Morgan fingerprint density at radius 2 is 1.79 bits per heavy atom. The summed E-state index contributed by atoms with van der Waals surface area (Å²) in [6.45, 7) is 5.84. The predicted molar refractivity (Wildman–Crippen MR) is 161 cm³/mol. The van der Waals surface area contributed by atoms with Gasteiger partial charge in [-0.1, -0.05) is 60.5 Å². The summed E-state index contributed by atoms with van der Waals surface area (Å²) in [5.41, 5.74) is 8.64. The van der Waals surface area contributed by atoms with Crippen molar-refractivity contribution >= 4 is 52.0 Å². The fraction of sp³-hybridized carbons (Fsp3) is 0.379. The number of para-hydroxylation sites is 1. The van der Waals surface area contributed by atoms with Gasteiger partial charge in [0.15, 0.2) is 0 Å². The average molecular weight is 589 g/mol. The molecule has 1 aliphatic heterocycles. The number of hydrogen-bond donors (Lipinski definition) is 3. The van der Waals surface area contributed by atoms with Gasteiger partial charge < -0.3 is 26.2 Å². The molecule has 4 N–H and O–H groups in total. The topological polar surface area (TPSA) is 90.7 Å². The van der Waals surface area contributed by atoms with Crippen LogP contribution in [0.2, 0.25) is 10.0 Å². The van der Waals surface area contributed by atoms with E-state index >= 15 is 0 Å². The summed E-state index contributed by atoms with van der Waals surface area (Å²) >= 11 is 14.3. The summed E-state index contributed by atoms with van der Waals surface area (Å²) < 4.78 is 0. The zero-order chi connectivity index (χ0) is 27.8. The van der Waals surface area contributed by atoms with Crippen LogP contribution in [-0.4, -0.2) is 56.0 Å². The minimum Gasteiger partial charge on any atom is -0.368 e. The van der Waals surface area contributed by atoms with E-state index in [1.54, 1.807) is 29.5 Å². The molecule has 4 rings (SSSR count). The van der Waals surface area contributed by atoms with Gasteiger partial charge in [-0.25, -0.2) is 0 Å².